The first-order chi connectivity index (χ1) is 9.13. The zero-order chi connectivity index (χ0) is 13.4. The van der Waals surface area contributed by atoms with Gasteiger partial charge in [-0.15, -0.1) is 10.2 Å². The number of benzene rings is 1. The summed E-state index contributed by atoms with van der Waals surface area (Å²) in [6.07, 6.45) is 0. The van der Waals surface area contributed by atoms with Gasteiger partial charge in [-0.25, -0.2) is 4.98 Å². The number of carbonyl (C=O) groups excluding carboxylic acids is 1. The van der Waals surface area contributed by atoms with Crippen LogP contribution in [0.4, 0.5) is 0 Å². The molecule has 0 atom stereocenters. The second-order valence-electron chi connectivity index (χ2n) is 4.13. The number of aryl methyl sites for hydroxylation is 1. The van der Waals surface area contributed by atoms with Gasteiger partial charge in [0.2, 0.25) is 5.16 Å². The Balaban J connectivity index is 2.08. The summed E-state index contributed by atoms with van der Waals surface area (Å²) >= 11 is 0.990. The predicted molar refractivity (Wildman–Crippen MR) is 69.7 cm³/mol. The summed E-state index contributed by atoms with van der Waals surface area (Å²) in [6, 6.07) is 5.97. The molecule has 1 N–H and O–H groups in total. The van der Waals surface area contributed by atoms with Gasteiger partial charge in [-0.1, -0.05) is 23.4 Å². The second kappa shape index (κ2) is 4.51. The molecule has 0 spiro atoms. The molecular weight excluding hydrogens is 264 g/mol. The minimum Gasteiger partial charge on any atom is -0.549 e. The number of aromatic nitrogens is 4. The zero-order valence-electron chi connectivity index (χ0n) is 10.0. The van der Waals surface area contributed by atoms with E-state index in [0.29, 0.717) is 16.3 Å². The lowest BCUT2D eigenvalue weighted by molar-refractivity contribution is -0.301. The molecule has 0 amide bonds. The van der Waals surface area contributed by atoms with E-state index in [2.05, 4.69) is 20.2 Å². The lowest BCUT2D eigenvalue weighted by Crippen LogP contribution is -2.24. The Kier molecular flexibility index (Phi) is 2.83. The molecule has 7 heteroatoms. The van der Waals surface area contributed by atoms with E-state index in [4.69, 9.17) is 0 Å². The number of carboxylic acid groups (broad SMARTS) is 1. The summed E-state index contributed by atoms with van der Waals surface area (Å²) in [6.45, 7) is 2.00. The number of carboxylic acids is 1. The van der Waals surface area contributed by atoms with Crippen LogP contribution in [0.3, 0.4) is 0 Å². The monoisotopic (exact) mass is 273 g/mol. The van der Waals surface area contributed by atoms with E-state index < -0.39 is 5.97 Å². The Morgan fingerprint density at radius 2 is 2.26 bits per heavy atom. The smallest absolute Gasteiger partial charge is 0.211 e. The molecule has 0 radical (unpaired) electrons. The van der Waals surface area contributed by atoms with Crippen molar-refractivity contribution in [3.63, 3.8) is 0 Å². The van der Waals surface area contributed by atoms with Crippen LogP contribution in [-0.2, 0) is 4.79 Å². The lowest BCUT2D eigenvalue weighted by Gasteiger charge is -1.99. The molecule has 2 aromatic heterocycles. The molecule has 0 aliphatic carbocycles. The maximum atomic E-state index is 10.4. The molecule has 0 bridgehead atoms. The fourth-order valence-corrected chi connectivity index (χ4v) is 2.36. The van der Waals surface area contributed by atoms with Gasteiger partial charge in [0.25, 0.3) is 0 Å². The predicted octanol–water partition coefficient (Wildman–Crippen LogP) is 0.657. The van der Waals surface area contributed by atoms with Crippen molar-refractivity contribution in [1.29, 1.82) is 0 Å². The van der Waals surface area contributed by atoms with Gasteiger partial charge in [0.15, 0.2) is 5.65 Å². The van der Waals surface area contributed by atoms with E-state index in [1.807, 2.05) is 25.1 Å². The van der Waals surface area contributed by atoms with Crippen molar-refractivity contribution < 1.29 is 9.90 Å². The van der Waals surface area contributed by atoms with Gasteiger partial charge in [-0.2, -0.15) is 0 Å². The molecule has 2 heterocycles. The van der Waals surface area contributed by atoms with E-state index >= 15 is 0 Å². The average Bonchev–Trinajstić information content (AvgIpc) is 2.73. The van der Waals surface area contributed by atoms with Gasteiger partial charge in [0, 0.05) is 16.7 Å². The second-order valence-corrected chi connectivity index (χ2v) is 5.07. The molecule has 19 heavy (non-hydrogen) atoms. The molecule has 0 saturated carbocycles. The molecule has 3 aromatic rings. The quantitative estimate of drug-likeness (QED) is 0.704. The molecule has 6 nitrogen and oxygen atoms in total. The van der Waals surface area contributed by atoms with Crippen molar-refractivity contribution in [2.45, 2.75) is 12.1 Å². The van der Waals surface area contributed by atoms with Crippen molar-refractivity contribution in [3.8, 4) is 0 Å². The summed E-state index contributed by atoms with van der Waals surface area (Å²) in [4.78, 5) is 17.8. The summed E-state index contributed by atoms with van der Waals surface area (Å²) in [5, 5.41) is 19.7. The third kappa shape index (κ3) is 2.24. The van der Waals surface area contributed by atoms with E-state index in [9.17, 15) is 9.90 Å². The van der Waals surface area contributed by atoms with Gasteiger partial charge < -0.3 is 14.9 Å². The molecule has 1 aromatic carbocycles. The third-order valence-electron chi connectivity index (χ3n) is 2.67. The van der Waals surface area contributed by atoms with Crippen LogP contribution >= 0.6 is 11.8 Å². The van der Waals surface area contributed by atoms with Gasteiger partial charge in [-0.05, 0) is 19.1 Å². The Hall–Kier alpha value is -2.15. The van der Waals surface area contributed by atoms with Crippen LogP contribution in [-0.4, -0.2) is 31.9 Å². The molecule has 3 rings (SSSR count). The highest BCUT2D eigenvalue weighted by molar-refractivity contribution is 7.99. The number of aliphatic carboxylic acids is 1. The molecular formula is C12H9N4O2S-. The van der Waals surface area contributed by atoms with E-state index in [-0.39, 0.29) is 5.75 Å². The lowest BCUT2D eigenvalue weighted by atomic mass is 10.2. The molecule has 0 fully saturated rings. The molecule has 0 saturated heterocycles. The fourth-order valence-electron chi connectivity index (χ4n) is 1.85. The first-order valence-corrected chi connectivity index (χ1v) is 6.57. The average molecular weight is 273 g/mol. The van der Waals surface area contributed by atoms with Crippen LogP contribution in [0.1, 0.15) is 5.56 Å². The highest BCUT2D eigenvalue weighted by atomic mass is 32.2. The Bertz CT molecular complexity index is 784. The van der Waals surface area contributed by atoms with E-state index in [0.717, 1.165) is 28.2 Å². The van der Waals surface area contributed by atoms with Gasteiger partial charge in [-0.3, -0.25) is 0 Å². The van der Waals surface area contributed by atoms with Crippen LogP contribution in [0.25, 0.3) is 22.1 Å². The van der Waals surface area contributed by atoms with E-state index in [1.54, 1.807) is 0 Å². The van der Waals surface area contributed by atoms with Gasteiger partial charge in [0.1, 0.15) is 5.52 Å². The van der Waals surface area contributed by atoms with Crippen molar-refractivity contribution in [2.24, 2.45) is 0 Å². The number of hydrogen-bond acceptors (Lipinski definition) is 6. The summed E-state index contributed by atoms with van der Waals surface area (Å²) in [7, 11) is 0. The summed E-state index contributed by atoms with van der Waals surface area (Å²) in [5.41, 5.74) is 3.36. The topological polar surface area (TPSA) is 94.6 Å². The van der Waals surface area contributed by atoms with Crippen LogP contribution in [0, 0.1) is 6.92 Å². The number of H-pyrrole nitrogens is 1. The number of nitrogens with zero attached hydrogens (tertiary/aromatic N) is 3. The van der Waals surface area contributed by atoms with Gasteiger partial charge >= 0.3 is 0 Å². The van der Waals surface area contributed by atoms with Crippen molar-refractivity contribution >= 4 is 39.8 Å². The summed E-state index contributed by atoms with van der Waals surface area (Å²) < 4.78 is 0. The molecule has 0 aliphatic rings. The highest BCUT2D eigenvalue weighted by Crippen LogP contribution is 2.24. The number of thioether (sulfide) groups is 1. The number of aromatic amines is 1. The van der Waals surface area contributed by atoms with Crippen LogP contribution in [0.15, 0.2) is 23.4 Å². The van der Waals surface area contributed by atoms with Crippen LogP contribution in [0.5, 0.6) is 0 Å². The van der Waals surface area contributed by atoms with Crippen molar-refractivity contribution in [1.82, 2.24) is 20.2 Å². The van der Waals surface area contributed by atoms with Gasteiger partial charge in [0.05, 0.1) is 5.97 Å². The standard InChI is InChI=1S/C12H10N4O2S/c1-6-2-3-8-7(4-6)10-11(13-8)14-12(16-15-10)19-5-9(17)18/h2-4H,5H2,1H3,(H,17,18)(H,13,14,16)/p-1. The molecule has 96 valence electrons. The van der Waals surface area contributed by atoms with E-state index in [1.165, 1.54) is 0 Å². The van der Waals surface area contributed by atoms with Crippen molar-refractivity contribution in [3.05, 3.63) is 23.8 Å². The molecule has 0 unspecified atom stereocenters. The third-order valence-corrected chi connectivity index (χ3v) is 3.48. The maximum absolute atomic E-state index is 10.4. The number of hydrogen-bond donors (Lipinski definition) is 1. The highest BCUT2D eigenvalue weighted by Gasteiger charge is 2.09. The SMILES string of the molecule is Cc1ccc2[nH]c3nc(SCC(=O)[O-])nnc3c2c1. The minimum absolute atomic E-state index is 0.188. The minimum atomic E-state index is -1.15. The molecule has 0 aliphatic heterocycles. The zero-order valence-corrected chi connectivity index (χ0v) is 10.8. The van der Waals surface area contributed by atoms with Crippen molar-refractivity contribution in [2.75, 3.05) is 5.75 Å². The van der Waals surface area contributed by atoms with Crippen LogP contribution < -0.4 is 5.11 Å². The number of rotatable bonds is 3. The van der Waals surface area contributed by atoms with Crippen LogP contribution in [0.2, 0.25) is 0 Å². The normalized spacial score (nSPS) is 11.2. The fraction of sp³-hybridized carbons (Fsp3) is 0.167. The Morgan fingerprint density at radius 3 is 3.05 bits per heavy atom. The number of carbonyl (C=O) groups is 1. The largest absolute Gasteiger partial charge is 0.549 e. The Morgan fingerprint density at radius 1 is 1.42 bits per heavy atom. The number of nitrogens with one attached hydrogen (secondary N) is 1. The Labute approximate surface area is 112 Å². The first kappa shape index (κ1) is 11.9. The number of fused-ring (bicyclic) bond motifs is 3. The first-order valence-electron chi connectivity index (χ1n) is 5.59. The summed E-state index contributed by atoms with van der Waals surface area (Å²) in [5.74, 6) is -1.34. The maximum Gasteiger partial charge on any atom is 0.211 e.